The Balaban J connectivity index is 2.19. The lowest BCUT2D eigenvalue weighted by Crippen LogP contribution is -2.42. The molecule has 2 amide bonds. The first kappa shape index (κ1) is 18.2. The molecule has 0 aromatic carbocycles. The first-order valence-corrected chi connectivity index (χ1v) is 7.73. The van der Waals surface area contributed by atoms with Crippen molar-refractivity contribution in [2.24, 2.45) is 10.9 Å². The monoisotopic (exact) mass is 313 g/mol. The molecule has 0 spiro atoms. The molecule has 0 bridgehead atoms. The van der Waals surface area contributed by atoms with Crippen LogP contribution in [-0.4, -0.2) is 64.2 Å². The van der Waals surface area contributed by atoms with Crippen molar-refractivity contribution in [3.63, 3.8) is 0 Å². The Morgan fingerprint density at radius 1 is 1.09 bits per heavy atom. The summed E-state index contributed by atoms with van der Waals surface area (Å²) in [5.74, 6) is 0.750. The molecule has 1 saturated carbocycles. The summed E-state index contributed by atoms with van der Waals surface area (Å²) in [5, 5.41) is 11.7. The van der Waals surface area contributed by atoms with Gasteiger partial charge in [-0.25, -0.2) is 4.99 Å². The van der Waals surface area contributed by atoms with E-state index in [9.17, 15) is 9.59 Å². The van der Waals surface area contributed by atoms with Crippen molar-refractivity contribution in [1.82, 2.24) is 21.3 Å². The predicted molar refractivity (Wildman–Crippen MR) is 84.6 cm³/mol. The van der Waals surface area contributed by atoms with Gasteiger partial charge in [0.05, 0.1) is 6.61 Å². The van der Waals surface area contributed by atoms with Gasteiger partial charge in [-0.05, 0) is 19.8 Å². The highest BCUT2D eigenvalue weighted by atomic mass is 16.5. The number of rotatable bonds is 10. The van der Waals surface area contributed by atoms with Crippen LogP contribution in [0.1, 0.15) is 19.8 Å². The molecule has 126 valence electrons. The summed E-state index contributed by atoms with van der Waals surface area (Å²) in [6.45, 7) is 4.76. The van der Waals surface area contributed by atoms with E-state index in [1.807, 2.05) is 6.92 Å². The van der Waals surface area contributed by atoms with Crippen LogP contribution in [0.5, 0.6) is 0 Å². The SMILES string of the molecule is CCNC(=NCC(=O)NCCOC)NCCNC(=O)C1CC1. The molecule has 0 aliphatic heterocycles. The summed E-state index contributed by atoms with van der Waals surface area (Å²) in [6.07, 6.45) is 2.00. The number of guanidine groups is 1. The van der Waals surface area contributed by atoms with Gasteiger partial charge in [-0.3, -0.25) is 9.59 Å². The van der Waals surface area contributed by atoms with E-state index in [1.54, 1.807) is 7.11 Å². The summed E-state index contributed by atoms with van der Waals surface area (Å²) in [4.78, 5) is 27.2. The Hall–Kier alpha value is -1.83. The van der Waals surface area contributed by atoms with Crippen molar-refractivity contribution >= 4 is 17.8 Å². The molecule has 1 fully saturated rings. The molecule has 0 saturated heterocycles. The minimum atomic E-state index is -0.156. The molecule has 0 radical (unpaired) electrons. The van der Waals surface area contributed by atoms with Gasteiger partial charge in [0.2, 0.25) is 11.8 Å². The van der Waals surface area contributed by atoms with Crippen LogP contribution in [0.2, 0.25) is 0 Å². The molecule has 1 rings (SSSR count). The molecule has 1 aliphatic rings. The van der Waals surface area contributed by atoms with Crippen molar-refractivity contribution in [3.8, 4) is 0 Å². The van der Waals surface area contributed by atoms with Gasteiger partial charge in [0.15, 0.2) is 5.96 Å². The van der Waals surface area contributed by atoms with Gasteiger partial charge < -0.3 is 26.0 Å². The molecule has 22 heavy (non-hydrogen) atoms. The maximum atomic E-state index is 11.5. The zero-order valence-electron chi connectivity index (χ0n) is 13.4. The lowest BCUT2D eigenvalue weighted by Gasteiger charge is -2.11. The zero-order valence-corrected chi connectivity index (χ0v) is 13.4. The molecular formula is C14H27N5O3. The van der Waals surface area contributed by atoms with E-state index in [4.69, 9.17) is 4.74 Å². The van der Waals surface area contributed by atoms with Gasteiger partial charge >= 0.3 is 0 Å². The number of carbonyl (C=O) groups is 2. The molecule has 0 aromatic rings. The Morgan fingerprint density at radius 2 is 1.82 bits per heavy atom. The van der Waals surface area contributed by atoms with Gasteiger partial charge in [-0.2, -0.15) is 0 Å². The predicted octanol–water partition coefficient (Wildman–Crippen LogP) is -1.17. The van der Waals surface area contributed by atoms with Crippen molar-refractivity contribution in [1.29, 1.82) is 0 Å². The van der Waals surface area contributed by atoms with Crippen LogP contribution in [0.15, 0.2) is 4.99 Å². The van der Waals surface area contributed by atoms with Crippen LogP contribution in [0, 0.1) is 5.92 Å². The fourth-order valence-corrected chi connectivity index (χ4v) is 1.70. The summed E-state index contributed by atoms with van der Waals surface area (Å²) < 4.78 is 4.85. The number of hydrogen-bond donors (Lipinski definition) is 4. The van der Waals surface area contributed by atoms with Gasteiger partial charge in [0, 0.05) is 39.2 Å². The highest BCUT2D eigenvalue weighted by molar-refractivity contribution is 5.85. The number of hydrogen-bond acceptors (Lipinski definition) is 4. The molecule has 1 aliphatic carbocycles. The fourth-order valence-electron chi connectivity index (χ4n) is 1.70. The van der Waals surface area contributed by atoms with Crippen molar-refractivity contribution < 1.29 is 14.3 Å². The van der Waals surface area contributed by atoms with E-state index in [1.165, 1.54) is 0 Å². The molecule has 4 N–H and O–H groups in total. The number of aliphatic imine (C=N–C) groups is 1. The summed E-state index contributed by atoms with van der Waals surface area (Å²) >= 11 is 0. The van der Waals surface area contributed by atoms with E-state index in [0.717, 1.165) is 12.8 Å². The third-order valence-electron chi connectivity index (χ3n) is 3.02. The lowest BCUT2D eigenvalue weighted by atomic mass is 10.4. The van der Waals surface area contributed by atoms with E-state index >= 15 is 0 Å². The second-order valence-corrected chi connectivity index (χ2v) is 5.03. The third kappa shape index (κ3) is 8.46. The Labute approximate surface area is 131 Å². The lowest BCUT2D eigenvalue weighted by molar-refractivity contribution is -0.122. The third-order valence-corrected chi connectivity index (χ3v) is 3.02. The topological polar surface area (TPSA) is 104 Å². The minimum Gasteiger partial charge on any atom is -0.383 e. The second-order valence-electron chi connectivity index (χ2n) is 5.03. The van der Waals surface area contributed by atoms with Gasteiger partial charge in [-0.15, -0.1) is 0 Å². The number of methoxy groups -OCH3 is 1. The molecular weight excluding hydrogens is 286 g/mol. The number of nitrogens with zero attached hydrogens (tertiary/aromatic N) is 1. The molecule has 0 heterocycles. The highest BCUT2D eigenvalue weighted by Crippen LogP contribution is 2.28. The highest BCUT2D eigenvalue weighted by Gasteiger charge is 2.28. The second kappa shape index (κ2) is 10.8. The summed E-state index contributed by atoms with van der Waals surface area (Å²) in [5.41, 5.74) is 0. The normalized spacial score (nSPS) is 14.4. The van der Waals surface area contributed by atoms with Crippen LogP contribution < -0.4 is 21.3 Å². The largest absolute Gasteiger partial charge is 0.383 e. The number of ether oxygens (including phenoxy) is 1. The molecule has 0 atom stereocenters. The Morgan fingerprint density at radius 3 is 2.45 bits per heavy atom. The quantitative estimate of drug-likeness (QED) is 0.231. The van der Waals surface area contributed by atoms with Crippen molar-refractivity contribution in [2.75, 3.05) is 46.4 Å². The van der Waals surface area contributed by atoms with Crippen LogP contribution >= 0.6 is 0 Å². The maximum Gasteiger partial charge on any atom is 0.241 e. The minimum absolute atomic E-state index is 0.0491. The zero-order chi connectivity index (χ0) is 16.2. The Bertz CT molecular complexity index is 383. The van der Waals surface area contributed by atoms with Gasteiger partial charge in [-0.1, -0.05) is 0 Å². The molecule has 8 nitrogen and oxygen atoms in total. The van der Waals surface area contributed by atoms with E-state index in [-0.39, 0.29) is 24.3 Å². The summed E-state index contributed by atoms with van der Waals surface area (Å²) in [7, 11) is 1.58. The van der Waals surface area contributed by atoms with Gasteiger partial charge in [0.25, 0.3) is 0 Å². The maximum absolute atomic E-state index is 11.5. The first-order chi connectivity index (χ1) is 10.7. The summed E-state index contributed by atoms with van der Waals surface area (Å²) in [6, 6.07) is 0. The van der Waals surface area contributed by atoms with E-state index < -0.39 is 0 Å². The number of amides is 2. The average Bonchev–Trinajstić information content (AvgIpc) is 3.33. The standard InChI is InChI=1S/C14H27N5O3/c1-3-15-14(19-10-12(20)16-8-9-22-2)18-7-6-17-13(21)11-4-5-11/h11H,3-10H2,1-2H3,(H,16,20)(H,17,21)(H2,15,18,19). The first-order valence-electron chi connectivity index (χ1n) is 7.73. The molecule has 0 unspecified atom stereocenters. The smallest absolute Gasteiger partial charge is 0.241 e. The number of nitrogens with one attached hydrogen (secondary N) is 4. The van der Waals surface area contributed by atoms with Crippen molar-refractivity contribution in [2.45, 2.75) is 19.8 Å². The van der Waals surface area contributed by atoms with Crippen LogP contribution in [0.25, 0.3) is 0 Å². The van der Waals surface area contributed by atoms with Crippen LogP contribution in [0.3, 0.4) is 0 Å². The van der Waals surface area contributed by atoms with Crippen LogP contribution in [-0.2, 0) is 14.3 Å². The number of carbonyl (C=O) groups excluding carboxylic acids is 2. The van der Waals surface area contributed by atoms with E-state index in [0.29, 0.717) is 38.7 Å². The van der Waals surface area contributed by atoms with Crippen LogP contribution in [0.4, 0.5) is 0 Å². The van der Waals surface area contributed by atoms with Gasteiger partial charge in [0.1, 0.15) is 6.54 Å². The fraction of sp³-hybridized carbons (Fsp3) is 0.786. The molecule has 0 aromatic heterocycles. The average molecular weight is 313 g/mol. The molecule has 8 heteroatoms. The Kier molecular flexibility index (Phi) is 8.97. The van der Waals surface area contributed by atoms with E-state index in [2.05, 4.69) is 26.3 Å². The van der Waals surface area contributed by atoms with Crippen molar-refractivity contribution in [3.05, 3.63) is 0 Å².